The molecule has 2 fully saturated rings. The van der Waals surface area contributed by atoms with Gasteiger partial charge in [0, 0.05) is 65.9 Å². The van der Waals surface area contributed by atoms with E-state index in [0.29, 0.717) is 19.1 Å². The third-order valence-electron chi connectivity index (χ3n) is 5.54. The van der Waals surface area contributed by atoms with E-state index in [9.17, 15) is 4.79 Å². The van der Waals surface area contributed by atoms with Crippen molar-refractivity contribution in [2.24, 2.45) is 10.9 Å². The van der Waals surface area contributed by atoms with Crippen molar-refractivity contribution in [2.45, 2.75) is 39.2 Å². The van der Waals surface area contributed by atoms with Crippen LogP contribution in [0, 0.1) is 5.92 Å². The van der Waals surface area contributed by atoms with Gasteiger partial charge in [0.1, 0.15) is 5.60 Å². The Labute approximate surface area is 188 Å². The van der Waals surface area contributed by atoms with E-state index in [2.05, 4.69) is 20.1 Å². The molecule has 0 spiro atoms. The molecule has 2 saturated heterocycles. The van der Waals surface area contributed by atoms with Crippen LogP contribution in [-0.4, -0.2) is 119 Å². The number of hydrogen-bond donors (Lipinski definition) is 1. The van der Waals surface area contributed by atoms with Gasteiger partial charge in [-0.05, 0) is 40.2 Å². The van der Waals surface area contributed by atoms with Crippen molar-refractivity contribution in [2.75, 3.05) is 86.3 Å². The molecule has 0 aromatic rings. The van der Waals surface area contributed by atoms with Crippen molar-refractivity contribution in [1.29, 1.82) is 0 Å². The highest BCUT2D eigenvalue weighted by Gasteiger charge is 2.26. The first kappa shape index (κ1) is 25.7. The average Bonchev–Trinajstić information content (AvgIpc) is 3.19. The topological polar surface area (TPSA) is 78.9 Å². The van der Waals surface area contributed by atoms with Crippen molar-refractivity contribution in [1.82, 2.24) is 20.0 Å². The van der Waals surface area contributed by atoms with Gasteiger partial charge in [-0.3, -0.25) is 9.89 Å². The number of aliphatic imine (C=N–C) groups is 1. The summed E-state index contributed by atoms with van der Waals surface area (Å²) >= 11 is 0. The van der Waals surface area contributed by atoms with Gasteiger partial charge < -0.3 is 29.3 Å². The number of rotatable bonds is 9. The first-order chi connectivity index (χ1) is 14.8. The molecule has 1 amide bonds. The number of nitrogens with one attached hydrogen (secondary N) is 1. The third kappa shape index (κ3) is 9.62. The van der Waals surface area contributed by atoms with Gasteiger partial charge in [-0.15, -0.1) is 0 Å². The zero-order valence-electron chi connectivity index (χ0n) is 20.2. The van der Waals surface area contributed by atoms with Crippen LogP contribution in [0.15, 0.2) is 4.99 Å². The predicted molar refractivity (Wildman–Crippen MR) is 123 cm³/mol. The zero-order chi connectivity index (χ0) is 22.7. The van der Waals surface area contributed by atoms with Crippen molar-refractivity contribution >= 4 is 12.1 Å². The Balaban J connectivity index is 1.58. The summed E-state index contributed by atoms with van der Waals surface area (Å²) in [5.74, 6) is 1.53. The molecule has 2 aliphatic rings. The van der Waals surface area contributed by atoms with Crippen molar-refractivity contribution < 1.29 is 19.0 Å². The Bertz CT molecular complexity index is 559. The van der Waals surface area contributed by atoms with E-state index in [-0.39, 0.29) is 6.09 Å². The quantitative estimate of drug-likeness (QED) is 0.330. The number of likely N-dealkylation sites (tertiary alicyclic amines) is 1. The van der Waals surface area contributed by atoms with Gasteiger partial charge in [-0.1, -0.05) is 0 Å². The van der Waals surface area contributed by atoms with Gasteiger partial charge in [0.25, 0.3) is 0 Å². The Kier molecular flexibility index (Phi) is 10.8. The molecule has 0 saturated carbocycles. The van der Waals surface area contributed by atoms with E-state index in [1.165, 1.54) is 0 Å². The largest absolute Gasteiger partial charge is 0.444 e. The number of carbonyl (C=O) groups is 1. The first-order valence-corrected chi connectivity index (χ1v) is 11.5. The smallest absolute Gasteiger partial charge is 0.410 e. The fourth-order valence-electron chi connectivity index (χ4n) is 3.87. The second kappa shape index (κ2) is 13.1. The van der Waals surface area contributed by atoms with Gasteiger partial charge >= 0.3 is 6.09 Å². The summed E-state index contributed by atoms with van der Waals surface area (Å²) in [6.45, 7) is 15.0. The third-order valence-corrected chi connectivity index (χ3v) is 5.54. The molecule has 9 nitrogen and oxygen atoms in total. The summed E-state index contributed by atoms with van der Waals surface area (Å²) in [6.07, 6.45) is 1.98. The number of nitrogens with zero attached hydrogens (tertiary/aromatic N) is 4. The molecule has 1 N–H and O–H groups in total. The highest BCUT2D eigenvalue weighted by atomic mass is 16.6. The van der Waals surface area contributed by atoms with E-state index in [4.69, 9.17) is 14.2 Å². The highest BCUT2D eigenvalue weighted by molar-refractivity contribution is 5.80. The maximum atomic E-state index is 12.2. The van der Waals surface area contributed by atoms with E-state index in [0.717, 1.165) is 77.8 Å². The van der Waals surface area contributed by atoms with Crippen LogP contribution in [0.1, 0.15) is 33.6 Å². The summed E-state index contributed by atoms with van der Waals surface area (Å²) < 4.78 is 16.2. The molecule has 2 heterocycles. The monoisotopic (exact) mass is 441 g/mol. The molecule has 180 valence electrons. The molecule has 1 atom stereocenters. The molecule has 31 heavy (non-hydrogen) atoms. The number of guanidine groups is 1. The van der Waals surface area contributed by atoms with Crippen molar-refractivity contribution in [3.8, 4) is 0 Å². The second-order valence-corrected chi connectivity index (χ2v) is 9.31. The molecule has 0 aromatic heterocycles. The van der Waals surface area contributed by atoms with Gasteiger partial charge in [0.05, 0.1) is 19.8 Å². The minimum absolute atomic E-state index is 0.203. The minimum Gasteiger partial charge on any atom is -0.444 e. The standard InChI is InChI=1S/C22H43N5O4/c1-22(2,3)31-21(28)26-13-11-25(12-14-26)9-6-8-24-20(23-4)27-10-7-19(17-27)18-30-16-15-29-5/h19H,6-18H2,1-5H3,(H,23,24). The molecule has 0 aliphatic carbocycles. The SMILES string of the molecule is CN=C(NCCCN1CCN(C(=O)OC(C)(C)C)CC1)N1CCC(COCCOC)C1. The molecule has 1 unspecified atom stereocenters. The van der Waals surface area contributed by atoms with Crippen molar-refractivity contribution in [3.05, 3.63) is 0 Å². The molecule has 0 bridgehead atoms. The lowest BCUT2D eigenvalue weighted by Crippen LogP contribution is -2.50. The number of amides is 1. The van der Waals surface area contributed by atoms with Crippen molar-refractivity contribution in [3.63, 3.8) is 0 Å². The van der Waals surface area contributed by atoms with Gasteiger partial charge in [0.2, 0.25) is 0 Å². The fraction of sp³-hybridized carbons (Fsp3) is 0.909. The Hall–Kier alpha value is -1.58. The summed E-state index contributed by atoms with van der Waals surface area (Å²) in [4.78, 5) is 23.2. The normalized spacial score (nSPS) is 20.9. The number of piperazine rings is 1. The van der Waals surface area contributed by atoms with Crippen LogP contribution in [0.25, 0.3) is 0 Å². The summed E-state index contributed by atoms with van der Waals surface area (Å²) in [7, 11) is 3.54. The van der Waals surface area contributed by atoms with Gasteiger partial charge in [-0.25, -0.2) is 4.79 Å². The molecule has 0 radical (unpaired) electrons. The van der Waals surface area contributed by atoms with Crippen LogP contribution in [0.4, 0.5) is 4.79 Å². The van der Waals surface area contributed by atoms with Crippen LogP contribution >= 0.6 is 0 Å². The Morgan fingerprint density at radius 1 is 1.10 bits per heavy atom. The lowest BCUT2D eigenvalue weighted by atomic mass is 10.1. The fourth-order valence-corrected chi connectivity index (χ4v) is 3.87. The number of hydrogen-bond acceptors (Lipinski definition) is 6. The number of carbonyl (C=O) groups excluding carboxylic acids is 1. The average molecular weight is 442 g/mol. The van der Waals surface area contributed by atoms with Crippen LogP contribution in [-0.2, 0) is 14.2 Å². The minimum atomic E-state index is -0.440. The molecular formula is C22H43N5O4. The molecule has 9 heteroatoms. The summed E-state index contributed by atoms with van der Waals surface area (Å²) in [6, 6.07) is 0. The van der Waals surface area contributed by atoms with E-state index in [1.54, 1.807) is 7.11 Å². The summed E-state index contributed by atoms with van der Waals surface area (Å²) in [5.41, 5.74) is -0.440. The van der Waals surface area contributed by atoms with Crippen LogP contribution in [0.5, 0.6) is 0 Å². The van der Waals surface area contributed by atoms with Gasteiger partial charge in [-0.2, -0.15) is 0 Å². The summed E-state index contributed by atoms with van der Waals surface area (Å²) in [5, 5.41) is 3.50. The van der Waals surface area contributed by atoms with Crippen LogP contribution in [0.3, 0.4) is 0 Å². The van der Waals surface area contributed by atoms with Crippen LogP contribution < -0.4 is 5.32 Å². The molecule has 2 aliphatic heterocycles. The zero-order valence-corrected chi connectivity index (χ0v) is 20.2. The lowest BCUT2D eigenvalue weighted by molar-refractivity contribution is 0.0145. The van der Waals surface area contributed by atoms with E-state index < -0.39 is 5.60 Å². The Morgan fingerprint density at radius 3 is 2.48 bits per heavy atom. The maximum Gasteiger partial charge on any atom is 0.410 e. The van der Waals surface area contributed by atoms with E-state index >= 15 is 0 Å². The predicted octanol–water partition coefficient (Wildman–Crippen LogP) is 1.49. The second-order valence-electron chi connectivity index (χ2n) is 9.31. The highest BCUT2D eigenvalue weighted by Crippen LogP contribution is 2.16. The van der Waals surface area contributed by atoms with Gasteiger partial charge in [0.15, 0.2) is 5.96 Å². The first-order valence-electron chi connectivity index (χ1n) is 11.5. The Morgan fingerprint density at radius 2 is 1.84 bits per heavy atom. The number of methoxy groups -OCH3 is 1. The van der Waals surface area contributed by atoms with E-state index in [1.807, 2.05) is 32.7 Å². The van der Waals surface area contributed by atoms with Crippen LogP contribution in [0.2, 0.25) is 0 Å². The lowest BCUT2D eigenvalue weighted by Gasteiger charge is -2.35. The molecule has 0 aromatic carbocycles. The molecule has 2 rings (SSSR count). The molecular weight excluding hydrogens is 398 g/mol. The maximum absolute atomic E-state index is 12.2. The number of ether oxygens (including phenoxy) is 3.